The van der Waals surface area contributed by atoms with Crippen molar-refractivity contribution < 1.29 is 18.0 Å². The number of rotatable bonds is 2. The molecule has 0 aliphatic rings. The summed E-state index contributed by atoms with van der Waals surface area (Å²) >= 11 is 0. The lowest BCUT2D eigenvalue weighted by molar-refractivity contribution is -0.123. The molecule has 4 nitrogen and oxygen atoms in total. The third-order valence-corrected chi connectivity index (χ3v) is 1.55. The molecule has 1 aromatic heterocycles. The third kappa shape index (κ3) is 4.35. The second kappa shape index (κ2) is 5.55. The Hall–Kier alpha value is -1.50. The normalized spacial score (nSPS) is 10.4. The number of anilines is 1. The number of nitrogen functional groups attached to an aromatic ring is 1. The Labute approximate surface area is 95.4 Å². The van der Waals surface area contributed by atoms with Crippen LogP contribution < -0.4 is 11.1 Å². The van der Waals surface area contributed by atoms with Crippen molar-refractivity contribution in [2.45, 2.75) is 6.18 Å². The molecule has 0 aromatic carbocycles. The lowest BCUT2D eigenvalue weighted by Gasteiger charge is -2.08. The van der Waals surface area contributed by atoms with Crippen molar-refractivity contribution in [2.24, 2.45) is 0 Å². The van der Waals surface area contributed by atoms with Crippen LogP contribution in [0.5, 0.6) is 0 Å². The number of nitrogens with two attached hydrogens (primary N) is 1. The highest BCUT2D eigenvalue weighted by molar-refractivity contribution is 5.98. The second-order valence-electron chi connectivity index (χ2n) is 2.76. The summed E-state index contributed by atoms with van der Waals surface area (Å²) in [4.78, 5) is 14.8. The van der Waals surface area contributed by atoms with E-state index in [0.29, 0.717) is 0 Å². The van der Waals surface area contributed by atoms with Gasteiger partial charge in [-0.15, -0.1) is 12.4 Å². The summed E-state index contributed by atoms with van der Waals surface area (Å²) in [6.45, 7) is -1.39. The fourth-order valence-electron chi connectivity index (χ4n) is 0.871. The number of nitrogens with one attached hydrogen (secondary N) is 1. The number of hydrogen-bond acceptors (Lipinski definition) is 3. The Morgan fingerprint density at radius 3 is 2.62 bits per heavy atom. The molecule has 1 rings (SSSR count). The lowest BCUT2D eigenvalue weighted by Crippen LogP contribution is -2.34. The van der Waals surface area contributed by atoms with Crippen LogP contribution in [0.3, 0.4) is 0 Å². The number of aromatic nitrogens is 1. The molecule has 0 aliphatic heterocycles. The molecule has 16 heavy (non-hydrogen) atoms. The van der Waals surface area contributed by atoms with Gasteiger partial charge in [0.05, 0.1) is 5.56 Å². The molecule has 3 N–H and O–H groups in total. The maximum Gasteiger partial charge on any atom is 0.405 e. The fraction of sp³-hybridized carbons (Fsp3) is 0.250. The predicted molar refractivity (Wildman–Crippen MR) is 54.3 cm³/mol. The van der Waals surface area contributed by atoms with Crippen LogP contribution in [0, 0.1) is 0 Å². The molecule has 90 valence electrons. The first-order valence-corrected chi connectivity index (χ1v) is 3.94. The molecule has 0 saturated heterocycles. The molecule has 1 heterocycles. The van der Waals surface area contributed by atoms with E-state index < -0.39 is 18.6 Å². The molecule has 0 unspecified atom stereocenters. The van der Waals surface area contributed by atoms with Crippen molar-refractivity contribution in [1.82, 2.24) is 10.3 Å². The highest BCUT2D eigenvalue weighted by Gasteiger charge is 2.28. The monoisotopic (exact) mass is 255 g/mol. The molecule has 0 bridgehead atoms. The Kier molecular flexibility index (Phi) is 5.03. The number of carbonyl (C=O) groups excluding carboxylic acids is 1. The first-order chi connectivity index (χ1) is 6.90. The minimum Gasteiger partial charge on any atom is -0.398 e. The fourth-order valence-corrected chi connectivity index (χ4v) is 0.871. The summed E-state index contributed by atoms with van der Waals surface area (Å²) in [5.74, 6) is -0.891. The highest BCUT2D eigenvalue weighted by Crippen LogP contribution is 2.13. The summed E-state index contributed by atoms with van der Waals surface area (Å²) in [7, 11) is 0. The van der Waals surface area contributed by atoms with Crippen LogP contribution in [-0.4, -0.2) is 23.6 Å². The number of hydrogen-bond donors (Lipinski definition) is 2. The molecular weight excluding hydrogens is 247 g/mol. The van der Waals surface area contributed by atoms with Gasteiger partial charge in [-0.1, -0.05) is 0 Å². The summed E-state index contributed by atoms with van der Waals surface area (Å²) in [6, 6.07) is 1.34. The number of carbonyl (C=O) groups is 1. The zero-order chi connectivity index (χ0) is 11.5. The van der Waals surface area contributed by atoms with E-state index in [4.69, 9.17) is 5.73 Å². The number of pyridine rings is 1. The van der Waals surface area contributed by atoms with Gasteiger partial charge in [0.2, 0.25) is 0 Å². The summed E-state index contributed by atoms with van der Waals surface area (Å²) in [5.41, 5.74) is 5.40. The van der Waals surface area contributed by atoms with E-state index in [1.807, 2.05) is 0 Å². The summed E-state index contributed by atoms with van der Waals surface area (Å²) in [5, 5.41) is 1.70. The van der Waals surface area contributed by atoms with Gasteiger partial charge in [0.15, 0.2) is 0 Å². The molecular formula is C8H9ClF3N3O. The maximum absolute atomic E-state index is 11.8. The van der Waals surface area contributed by atoms with Crippen molar-refractivity contribution in [3.63, 3.8) is 0 Å². The Morgan fingerprint density at radius 2 is 2.12 bits per heavy atom. The first kappa shape index (κ1) is 14.5. The van der Waals surface area contributed by atoms with Gasteiger partial charge in [-0.05, 0) is 6.07 Å². The molecule has 0 radical (unpaired) electrons. The largest absolute Gasteiger partial charge is 0.405 e. The number of alkyl halides is 3. The molecule has 8 heteroatoms. The molecule has 1 amide bonds. The smallest absolute Gasteiger partial charge is 0.398 e. The van der Waals surface area contributed by atoms with E-state index in [-0.39, 0.29) is 23.7 Å². The van der Waals surface area contributed by atoms with Crippen LogP contribution in [0.4, 0.5) is 18.9 Å². The predicted octanol–water partition coefficient (Wildman–Crippen LogP) is 1.38. The van der Waals surface area contributed by atoms with Gasteiger partial charge >= 0.3 is 6.18 Å². The van der Waals surface area contributed by atoms with Crippen LogP contribution in [0.25, 0.3) is 0 Å². The Bertz CT molecular complexity index is 370. The van der Waals surface area contributed by atoms with Gasteiger partial charge in [-0.25, -0.2) is 0 Å². The van der Waals surface area contributed by atoms with Crippen LogP contribution in [-0.2, 0) is 0 Å². The molecule has 0 aliphatic carbocycles. The van der Waals surface area contributed by atoms with E-state index in [1.54, 1.807) is 5.32 Å². The van der Waals surface area contributed by atoms with E-state index in [2.05, 4.69) is 4.98 Å². The first-order valence-electron chi connectivity index (χ1n) is 3.94. The molecule has 0 fully saturated rings. The van der Waals surface area contributed by atoms with Crippen molar-refractivity contribution >= 4 is 24.0 Å². The summed E-state index contributed by atoms with van der Waals surface area (Å²) in [6.07, 6.45) is -1.98. The van der Waals surface area contributed by atoms with Crippen molar-refractivity contribution in [1.29, 1.82) is 0 Å². The molecule has 0 atom stereocenters. The van der Waals surface area contributed by atoms with Crippen molar-refractivity contribution in [2.75, 3.05) is 12.3 Å². The summed E-state index contributed by atoms with van der Waals surface area (Å²) < 4.78 is 35.3. The van der Waals surface area contributed by atoms with Gasteiger partial charge < -0.3 is 11.1 Å². The van der Waals surface area contributed by atoms with E-state index in [9.17, 15) is 18.0 Å². The van der Waals surface area contributed by atoms with Crippen LogP contribution in [0.2, 0.25) is 0 Å². The lowest BCUT2D eigenvalue weighted by atomic mass is 10.2. The van der Waals surface area contributed by atoms with Crippen molar-refractivity contribution in [3.8, 4) is 0 Å². The van der Waals surface area contributed by atoms with Crippen LogP contribution in [0.15, 0.2) is 18.5 Å². The van der Waals surface area contributed by atoms with Gasteiger partial charge in [0, 0.05) is 18.1 Å². The van der Waals surface area contributed by atoms with Crippen LogP contribution in [0.1, 0.15) is 10.4 Å². The average molecular weight is 256 g/mol. The molecule has 0 spiro atoms. The van der Waals surface area contributed by atoms with Crippen molar-refractivity contribution in [3.05, 3.63) is 24.0 Å². The zero-order valence-corrected chi connectivity index (χ0v) is 8.73. The van der Waals surface area contributed by atoms with E-state index in [0.717, 1.165) is 6.20 Å². The second-order valence-corrected chi connectivity index (χ2v) is 2.76. The Balaban J connectivity index is 0.00000225. The van der Waals surface area contributed by atoms with E-state index >= 15 is 0 Å². The average Bonchev–Trinajstić information content (AvgIpc) is 2.14. The molecule has 0 saturated carbocycles. The standard InChI is InChI=1S/C8H8F3N3O.ClH/c9-8(10,11)4-14-7(15)5-3-13-2-1-6(5)12;/h1-3H,4H2,(H2,12,13)(H,14,15);1H. The van der Waals surface area contributed by atoms with Gasteiger partial charge in [-0.2, -0.15) is 13.2 Å². The quantitative estimate of drug-likeness (QED) is 0.839. The number of amides is 1. The topological polar surface area (TPSA) is 68.0 Å². The third-order valence-electron chi connectivity index (χ3n) is 1.55. The van der Waals surface area contributed by atoms with Crippen LogP contribution >= 0.6 is 12.4 Å². The minimum absolute atomic E-state index is 0. The van der Waals surface area contributed by atoms with Gasteiger partial charge in [-0.3, -0.25) is 9.78 Å². The number of nitrogens with zero attached hydrogens (tertiary/aromatic N) is 1. The zero-order valence-electron chi connectivity index (χ0n) is 7.91. The number of halogens is 4. The molecule has 1 aromatic rings. The van der Waals surface area contributed by atoms with E-state index in [1.165, 1.54) is 12.3 Å². The highest BCUT2D eigenvalue weighted by atomic mass is 35.5. The SMILES string of the molecule is Cl.Nc1ccncc1C(=O)NCC(F)(F)F. The minimum atomic E-state index is -4.44. The van der Waals surface area contributed by atoms with Gasteiger partial charge in [0.25, 0.3) is 5.91 Å². The van der Waals surface area contributed by atoms with Gasteiger partial charge in [0.1, 0.15) is 6.54 Å². The maximum atomic E-state index is 11.8. The Morgan fingerprint density at radius 1 is 1.50 bits per heavy atom.